The number of unbranched alkanes of at least 4 members (excludes halogenated alkanes) is 16. The zero-order valence-corrected chi connectivity index (χ0v) is 36.0. The normalized spacial score (nSPS) is 14.5. The number of rotatable bonds is 37. The maximum absolute atomic E-state index is 13.3. The molecule has 0 radical (unpaired) electrons. The first kappa shape index (κ1) is 48.2. The lowest BCUT2D eigenvalue weighted by Gasteiger charge is -2.23. The van der Waals surface area contributed by atoms with Crippen LogP contribution in [0.2, 0.25) is 0 Å². The predicted molar refractivity (Wildman–Crippen MR) is 226 cm³/mol. The van der Waals surface area contributed by atoms with Gasteiger partial charge in [-0.2, -0.15) is 5.10 Å². The number of likely N-dealkylation sites (tertiary alicyclic amines) is 1. The van der Waals surface area contributed by atoms with Gasteiger partial charge in [0.25, 0.3) is 0 Å². The summed E-state index contributed by atoms with van der Waals surface area (Å²) < 4.78 is 14.4. The summed E-state index contributed by atoms with van der Waals surface area (Å²) in [5.74, 6) is -0.220. The van der Waals surface area contributed by atoms with E-state index in [2.05, 4.69) is 48.8 Å². The van der Waals surface area contributed by atoms with E-state index in [1.807, 2.05) is 10.9 Å². The molecule has 2 rings (SSSR count). The molecule has 1 aliphatic heterocycles. The van der Waals surface area contributed by atoms with E-state index < -0.39 is 0 Å². The molecule has 1 saturated heterocycles. The number of nitrogens with zero attached hydrogens (tertiary/aromatic N) is 4. The zero-order chi connectivity index (χ0) is 38.9. The lowest BCUT2D eigenvalue weighted by molar-refractivity contribution is -0.150. The molecule has 0 saturated carbocycles. The van der Waals surface area contributed by atoms with E-state index in [1.54, 1.807) is 0 Å². The van der Waals surface area contributed by atoms with Crippen molar-refractivity contribution in [3.8, 4) is 0 Å². The summed E-state index contributed by atoms with van der Waals surface area (Å²) in [5.41, 5.74) is 1.12. The van der Waals surface area contributed by atoms with Crippen molar-refractivity contribution in [2.75, 3.05) is 32.7 Å². The smallest absolute Gasteiger partial charge is 0.307 e. The van der Waals surface area contributed by atoms with Crippen LogP contribution in [0.25, 0.3) is 0 Å². The molecule has 0 aliphatic carbocycles. The van der Waals surface area contributed by atoms with Gasteiger partial charge in [-0.05, 0) is 77.3 Å². The van der Waals surface area contributed by atoms with Crippen molar-refractivity contribution in [3.05, 3.63) is 18.0 Å². The Morgan fingerprint density at radius 3 is 1.46 bits per heavy atom. The highest BCUT2D eigenvalue weighted by atomic mass is 16.5. The molecule has 1 aliphatic rings. The van der Waals surface area contributed by atoms with Crippen molar-refractivity contribution in [3.63, 3.8) is 0 Å². The van der Waals surface area contributed by atoms with E-state index in [0.717, 1.165) is 70.0 Å². The largest absolute Gasteiger partial charge is 0.462 e. The van der Waals surface area contributed by atoms with Gasteiger partial charge in [-0.15, -0.1) is 0 Å². The standard InChI is InChI=1S/C46H86N4O4/c1-5-9-13-17-19-23-29-43(27-21-15-11-7-3)53-45(51)31-35-49(40-42-39-47-50(41-42)38-37-48-33-25-26-34-48)36-32-46(52)54-44(28-22-16-12-8-4)30-24-20-18-14-10-6-2/h39,41,43-44H,5-38,40H2,1-4H3. The van der Waals surface area contributed by atoms with E-state index in [-0.39, 0.29) is 24.1 Å². The molecule has 0 bridgehead atoms. The number of hydrogen-bond acceptors (Lipinski definition) is 7. The molecule has 2 unspecified atom stereocenters. The van der Waals surface area contributed by atoms with Gasteiger partial charge in [-0.3, -0.25) is 19.2 Å². The number of aromatic nitrogens is 2. The van der Waals surface area contributed by atoms with Gasteiger partial charge in [0.15, 0.2) is 0 Å². The average molecular weight is 759 g/mol. The van der Waals surface area contributed by atoms with Crippen LogP contribution in [0.4, 0.5) is 0 Å². The molecule has 1 aromatic rings. The molecule has 8 nitrogen and oxygen atoms in total. The quantitative estimate of drug-likeness (QED) is 0.0494. The van der Waals surface area contributed by atoms with Gasteiger partial charge in [0.2, 0.25) is 0 Å². The second kappa shape index (κ2) is 33.2. The molecule has 314 valence electrons. The first-order valence-electron chi connectivity index (χ1n) is 23.3. The Kier molecular flexibility index (Phi) is 29.7. The third-order valence-electron chi connectivity index (χ3n) is 11.3. The molecular formula is C46H86N4O4. The lowest BCUT2D eigenvalue weighted by Crippen LogP contribution is -2.31. The Bertz CT molecular complexity index is 976. The van der Waals surface area contributed by atoms with Gasteiger partial charge >= 0.3 is 11.9 Å². The molecule has 0 spiro atoms. The zero-order valence-electron chi connectivity index (χ0n) is 36.0. The molecule has 0 amide bonds. The maximum atomic E-state index is 13.3. The topological polar surface area (TPSA) is 76.9 Å². The minimum absolute atomic E-state index is 0.0127. The first-order valence-corrected chi connectivity index (χ1v) is 23.3. The Morgan fingerprint density at radius 2 is 1.02 bits per heavy atom. The van der Waals surface area contributed by atoms with Gasteiger partial charge in [-0.25, -0.2) is 0 Å². The van der Waals surface area contributed by atoms with Crippen LogP contribution in [0.15, 0.2) is 12.4 Å². The van der Waals surface area contributed by atoms with Crippen LogP contribution in [0.5, 0.6) is 0 Å². The second-order valence-corrected chi connectivity index (χ2v) is 16.5. The Morgan fingerprint density at radius 1 is 0.611 bits per heavy atom. The van der Waals surface area contributed by atoms with E-state index in [4.69, 9.17) is 9.47 Å². The fourth-order valence-electron chi connectivity index (χ4n) is 7.80. The van der Waals surface area contributed by atoms with Crippen LogP contribution in [0.3, 0.4) is 0 Å². The molecule has 8 heteroatoms. The van der Waals surface area contributed by atoms with Crippen molar-refractivity contribution in [2.45, 2.75) is 233 Å². The Balaban J connectivity index is 1.98. The number of esters is 2. The number of carbonyl (C=O) groups is 2. The highest BCUT2D eigenvalue weighted by Gasteiger charge is 2.20. The molecule has 1 aromatic heterocycles. The van der Waals surface area contributed by atoms with Crippen LogP contribution in [-0.4, -0.2) is 76.5 Å². The van der Waals surface area contributed by atoms with Crippen LogP contribution in [0, 0.1) is 0 Å². The molecule has 2 heterocycles. The molecule has 0 aromatic carbocycles. The average Bonchev–Trinajstić information content (AvgIpc) is 3.87. The van der Waals surface area contributed by atoms with Crippen molar-refractivity contribution in [1.82, 2.24) is 19.6 Å². The fourth-order valence-corrected chi connectivity index (χ4v) is 7.80. The summed E-state index contributed by atoms with van der Waals surface area (Å²) in [6.45, 7) is 15.0. The molecule has 0 N–H and O–H groups in total. The number of ether oxygens (including phenoxy) is 2. The third kappa shape index (κ3) is 25.3. The van der Waals surface area contributed by atoms with E-state index in [1.165, 1.54) is 129 Å². The van der Waals surface area contributed by atoms with Crippen LogP contribution < -0.4 is 0 Å². The maximum Gasteiger partial charge on any atom is 0.307 e. The van der Waals surface area contributed by atoms with Gasteiger partial charge in [0.1, 0.15) is 12.2 Å². The lowest BCUT2D eigenvalue weighted by atomic mass is 10.0. The molecule has 1 fully saturated rings. The van der Waals surface area contributed by atoms with Crippen molar-refractivity contribution in [1.29, 1.82) is 0 Å². The van der Waals surface area contributed by atoms with Crippen LogP contribution in [0.1, 0.15) is 213 Å². The second-order valence-electron chi connectivity index (χ2n) is 16.5. The monoisotopic (exact) mass is 759 g/mol. The Labute approximate surface area is 333 Å². The highest BCUT2D eigenvalue weighted by Crippen LogP contribution is 2.19. The van der Waals surface area contributed by atoms with Gasteiger partial charge in [-0.1, -0.05) is 130 Å². The van der Waals surface area contributed by atoms with Gasteiger partial charge < -0.3 is 14.4 Å². The van der Waals surface area contributed by atoms with E-state index in [0.29, 0.717) is 32.5 Å². The fraction of sp³-hybridized carbons (Fsp3) is 0.891. The van der Waals surface area contributed by atoms with Crippen LogP contribution >= 0.6 is 0 Å². The number of carbonyl (C=O) groups excluding carboxylic acids is 2. The van der Waals surface area contributed by atoms with E-state index in [9.17, 15) is 9.59 Å². The summed E-state index contributed by atoms with van der Waals surface area (Å²) in [4.78, 5) is 31.4. The first-order chi connectivity index (χ1) is 26.5. The Hall–Kier alpha value is -1.93. The van der Waals surface area contributed by atoms with Crippen LogP contribution in [-0.2, 0) is 32.2 Å². The summed E-state index contributed by atoms with van der Waals surface area (Å²) >= 11 is 0. The third-order valence-corrected chi connectivity index (χ3v) is 11.3. The molecule has 2 atom stereocenters. The molecule has 54 heavy (non-hydrogen) atoms. The summed E-state index contributed by atoms with van der Waals surface area (Å²) in [6.07, 6.45) is 35.8. The summed E-state index contributed by atoms with van der Waals surface area (Å²) in [6, 6.07) is 0. The van der Waals surface area contributed by atoms with Crippen molar-refractivity contribution in [2.24, 2.45) is 0 Å². The SMILES string of the molecule is CCCCCCCCC(CCCCCC)OC(=O)CCN(CCC(=O)OC(CCCCCC)CCCCCCCC)Cc1cnn(CCN2CCCC2)c1. The van der Waals surface area contributed by atoms with Gasteiger partial charge in [0, 0.05) is 37.9 Å². The summed E-state index contributed by atoms with van der Waals surface area (Å²) in [7, 11) is 0. The minimum atomic E-state index is -0.110. The molecular weight excluding hydrogens is 673 g/mol. The van der Waals surface area contributed by atoms with Crippen molar-refractivity contribution < 1.29 is 19.1 Å². The number of hydrogen-bond donors (Lipinski definition) is 0. The predicted octanol–water partition coefficient (Wildman–Crippen LogP) is 11.8. The highest BCUT2D eigenvalue weighted by molar-refractivity contribution is 5.70. The van der Waals surface area contributed by atoms with E-state index >= 15 is 0 Å². The van der Waals surface area contributed by atoms with Crippen molar-refractivity contribution >= 4 is 11.9 Å². The summed E-state index contributed by atoms with van der Waals surface area (Å²) in [5, 5.41) is 4.67. The minimum Gasteiger partial charge on any atom is -0.462 e. The van der Waals surface area contributed by atoms with Gasteiger partial charge in [0.05, 0.1) is 25.6 Å².